The van der Waals surface area contributed by atoms with E-state index >= 15 is 0 Å². The van der Waals surface area contributed by atoms with E-state index in [4.69, 9.17) is 16.3 Å². The van der Waals surface area contributed by atoms with Crippen molar-refractivity contribution in [1.29, 1.82) is 0 Å². The summed E-state index contributed by atoms with van der Waals surface area (Å²) in [7, 11) is 0. The molecule has 0 spiro atoms. The maximum atomic E-state index is 12.9. The molecule has 4 aromatic rings. The Morgan fingerprint density at radius 1 is 1.00 bits per heavy atom. The zero-order valence-electron chi connectivity index (χ0n) is 18.1. The summed E-state index contributed by atoms with van der Waals surface area (Å²) in [5, 5.41) is 8.02. The summed E-state index contributed by atoms with van der Waals surface area (Å²) >= 11 is 6.05. The van der Waals surface area contributed by atoms with Crippen molar-refractivity contribution in [1.82, 2.24) is 14.8 Å². The second-order valence-corrected chi connectivity index (χ2v) is 7.79. The third kappa shape index (κ3) is 4.65. The lowest BCUT2D eigenvalue weighted by Crippen LogP contribution is -2.14. The summed E-state index contributed by atoms with van der Waals surface area (Å²) in [6.07, 6.45) is 0. The molecule has 1 aromatic heterocycles. The van der Waals surface area contributed by atoms with E-state index in [2.05, 4.69) is 15.4 Å². The molecule has 1 amide bonds. The zero-order chi connectivity index (χ0) is 22.7. The smallest absolute Gasteiger partial charge is 0.295 e. The van der Waals surface area contributed by atoms with E-state index in [-0.39, 0.29) is 11.7 Å². The van der Waals surface area contributed by atoms with Gasteiger partial charge in [-0.25, -0.2) is 9.67 Å². The SMILES string of the molecule is CCOc1ccc(-n2nc(C(=O)Nc3ccc(C)c(C)c3)nc2-c2ccc(Cl)cc2)cc1. The van der Waals surface area contributed by atoms with Gasteiger partial charge in [0.15, 0.2) is 5.82 Å². The molecule has 0 aliphatic rings. The molecule has 4 rings (SSSR count). The number of rotatable bonds is 6. The summed E-state index contributed by atoms with van der Waals surface area (Å²) in [4.78, 5) is 17.5. The molecule has 0 atom stereocenters. The van der Waals surface area contributed by atoms with E-state index in [9.17, 15) is 4.79 Å². The van der Waals surface area contributed by atoms with Gasteiger partial charge in [0, 0.05) is 16.3 Å². The fourth-order valence-electron chi connectivity index (χ4n) is 3.23. The molecule has 0 radical (unpaired) electrons. The number of hydrogen-bond acceptors (Lipinski definition) is 4. The van der Waals surface area contributed by atoms with Gasteiger partial charge in [-0.2, -0.15) is 0 Å². The minimum Gasteiger partial charge on any atom is -0.494 e. The molecule has 0 bridgehead atoms. The lowest BCUT2D eigenvalue weighted by atomic mass is 10.1. The van der Waals surface area contributed by atoms with Gasteiger partial charge in [0.1, 0.15) is 5.75 Å². The average Bonchev–Trinajstić information content (AvgIpc) is 3.23. The van der Waals surface area contributed by atoms with E-state index in [0.717, 1.165) is 28.1 Å². The van der Waals surface area contributed by atoms with Gasteiger partial charge in [0.05, 0.1) is 12.3 Å². The quantitative estimate of drug-likeness (QED) is 0.403. The standard InChI is InChI=1S/C25H23ClN4O2/c1-4-32-22-13-11-21(12-14-22)30-24(18-6-8-19(26)9-7-18)28-23(29-30)25(31)27-20-10-5-16(2)17(3)15-20/h5-15H,4H2,1-3H3,(H,27,31). The number of benzene rings is 3. The first-order chi connectivity index (χ1) is 15.4. The highest BCUT2D eigenvalue weighted by Gasteiger charge is 2.19. The molecule has 6 nitrogen and oxygen atoms in total. The number of anilines is 1. The van der Waals surface area contributed by atoms with Crippen LogP contribution in [0.1, 0.15) is 28.7 Å². The van der Waals surface area contributed by atoms with Gasteiger partial charge >= 0.3 is 0 Å². The van der Waals surface area contributed by atoms with Crippen LogP contribution in [0, 0.1) is 13.8 Å². The molecule has 1 N–H and O–H groups in total. The lowest BCUT2D eigenvalue weighted by Gasteiger charge is -2.08. The maximum absolute atomic E-state index is 12.9. The van der Waals surface area contributed by atoms with Crippen LogP contribution in [0.15, 0.2) is 66.7 Å². The maximum Gasteiger partial charge on any atom is 0.295 e. The molecule has 0 aliphatic carbocycles. The molecular formula is C25H23ClN4O2. The number of aryl methyl sites for hydroxylation is 2. The number of carbonyl (C=O) groups excluding carboxylic acids is 1. The van der Waals surface area contributed by atoms with Gasteiger partial charge in [-0.15, -0.1) is 5.10 Å². The molecule has 32 heavy (non-hydrogen) atoms. The molecule has 7 heteroatoms. The second-order valence-electron chi connectivity index (χ2n) is 7.36. The summed E-state index contributed by atoms with van der Waals surface area (Å²) in [5.41, 5.74) is 4.50. The number of carbonyl (C=O) groups is 1. The number of ether oxygens (including phenoxy) is 1. The largest absolute Gasteiger partial charge is 0.494 e. The monoisotopic (exact) mass is 446 g/mol. The molecule has 1 heterocycles. The highest BCUT2D eigenvalue weighted by molar-refractivity contribution is 6.30. The van der Waals surface area contributed by atoms with Crippen molar-refractivity contribution in [2.24, 2.45) is 0 Å². The molecule has 3 aromatic carbocycles. The second kappa shape index (κ2) is 9.24. The van der Waals surface area contributed by atoms with Crippen LogP contribution in [0.25, 0.3) is 17.1 Å². The molecular weight excluding hydrogens is 424 g/mol. The van der Waals surface area contributed by atoms with E-state index in [1.807, 2.05) is 75.4 Å². The molecule has 0 aliphatic heterocycles. The number of aromatic nitrogens is 3. The van der Waals surface area contributed by atoms with Crippen molar-refractivity contribution in [3.8, 4) is 22.8 Å². The number of hydrogen-bond donors (Lipinski definition) is 1. The predicted molar refractivity (Wildman–Crippen MR) is 127 cm³/mol. The Bertz CT molecular complexity index is 1250. The fraction of sp³-hybridized carbons (Fsp3) is 0.160. The van der Waals surface area contributed by atoms with Crippen LogP contribution in [0.4, 0.5) is 5.69 Å². The first kappa shape index (κ1) is 21.6. The Morgan fingerprint density at radius 3 is 2.38 bits per heavy atom. The van der Waals surface area contributed by atoms with E-state index in [0.29, 0.717) is 23.1 Å². The first-order valence-corrected chi connectivity index (χ1v) is 10.7. The van der Waals surface area contributed by atoms with Gasteiger partial charge in [0.25, 0.3) is 5.91 Å². The Kier molecular flexibility index (Phi) is 6.23. The van der Waals surface area contributed by atoms with Crippen molar-refractivity contribution in [2.45, 2.75) is 20.8 Å². The van der Waals surface area contributed by atoms with Crippen LogP contribution >= 0.6 is 11.6 Å². The van der Waals surface area contributed by atoms with Crippen molar-refractivity contribution in [3.05, 3.63) is 88.7 Å². The highest BCUT2D eigenvalue weighted by atomic mass is 35.5. The number of halogens is 1. The first-order valence-electron chi connectivity index (χ1n) is 10.3. The van der Waals surface area contributed by atoms with Gasteiger partial charge in [-0.1, -0.05) is 17.7 Å². The van der Waals surface area contributed by atoms with Gasteiger partial charge < -0.3 is 10.1 Å². The predicted octanol–water partition coefficient (Wildman–Crippen LogP) is 5.86. The lowest BCUT2D eigenvalue weighted by molar-refractivity contribution is 0.101. The van der Waals surface area contributed by atoms with Crippen LogP contribution in [0.5, 0.6) is 5.75 Å². The van der Waals surface area contributed by atoms with E-state index in [1.54, 1.807) is 16.8 Å². The topological polar surface area (TPSA) is 69.0 Å². The summed E-state index contributed by atoms with van der Waals surface area (Å²) in [6.45, 7) is 6.55. The van der Waals surface area contributed by atoms with Crippen molar-refractivity contribution in [3.63, 3.8) is 0 Å². The molecule has 0 saturated carbocycles. The normalized spacial score (nSPS) is 10.8. The Labute approximate surface area is 191 Å². The third-order valence-electron chi connectivity index (χ3n) is 5.07. The minimum atomic E-state index is -0.381. The molecule has 0 unspecified atom stereocenters. The highest BCUT2D eigenvalue weighted by Crippen LogP contribution is 2.25. The van der Waals surface area contributed by atoms with Gasteiger partial charge in [0.2, 0.25) is 5.82 Å². The minimum absolute atomic E-state index is 0.0714. The average molecular weight is 447 g/mol. The Balaban J connectivity index is 1.72. The Morgan fingerprint density at radius 2 is 1.72 bits per heavy atom. The fourth-order valence-corrected chi connectivity index (χ4v) is 3.36. The van der Waals surface area contributed by atoms with Crippen molar-refractivity contribution < 1.29 is 9.53 Å². The van der Waals surface area contributed by atoms with Crippen molar-refractivity contribution in [2.75, 3.05) is 11.9 Å². The summed E-state index contributed by atoms with van der Waals surface area (Å²) in [6, 6.07) is 20.5. The van der Waals surface area contributed by atoms with Crippen LogP contribution in [-0.2, 0) is 0 Å². The molecule has 0 saturated heterocycles. The van der Waals surface area contributed by atoms with E-state index < -0.39 is 0 Å². The van der Waals surface area contributed by atoms with Crippen LogP contribution in [0.3, 0.4) is 0 Å². The number of nitrogens with one attached hydrogen (secondary N) is 1. The summed E-state index contributed by atoms with van der Waals surface area (Å²) < 4.78 is 7.18. The van der Waals surface area contributed by atoms with Gasteiger partial charge in [-0.05, 0) is 92.6 Å². The van der Waals surface area contributed by atoms with Crippen LogP contribution in [0.2, 0.25) is 5.02 Å². The van der Waals surface area contributed by atoms with Crippen LogP contribution < -0.4 is 10.1 Å². The van der Waals surface area contributed by atoms with Gasteiger partial charge in [-0.3, -0.25) is 4.79 Å². The Hall–Kier alpha value is -3.64. The van der Waals surface area contributed by atoms with Crippen LogP contribution in [-0.4, -0.2) is 27.3 Å². The van der Waals surface area contributed by atoms with E-state index in [1.165, 1.54) is 0 Å². The molecule has 0 fully saturated rings. The number of nitrogens with zero attached hydrogens (tertiary/aromatic N) is 3. The zero-order valence-corrected chi connectivity index (χ0v) is 18.8. The summed E-state index contributed by atoms with van der Waals surface area (Å²) in [5.74, 6) is 0.989. The molecule has 162 valence electrons. The number of amides is 1. The van der Waals surface area contributed by atoms with Crippen molar-refractivity contribution >= 4 is 23.2 Å². The third-order valence-corrected chi connectivity index (χ3v) is 5.32.